The third-order valence-electron chi connectivity index (χ3n) is 4.95. The molecular formula is C21H19ClN2O3. The molecule has 0 atom stereocenters. The Morgan fingerprint density at radius 3 is 2.48 bits per heavy atom. The molecule has 6 heteroatoms. The maximum Gasteiger partial charge on any atom is 0.257 e. The number of benzene rings is 2. The number of carbonyl (C=O) groups is 1. The van der Waals surface area contributed by atoms with Gasteiger partial charge in [0.05, 0.1) is 10.6 Å². The standard InChI is InChI=1S/C21H19ClN2O3/c1-13-18(19(24-27-13)16-8-4-5-9-17(16)22)20(25)23-12-21(26)10-14-6-2-3-7-15(14)11-21/h2-9,26H,10-12H2,1H3,(H,23,25). The van der Waals surface area contributed by atoms with Crippen molar-refractivity contribution in [1.82, 2.24) is 10.5 Å². The molecule has 27 heavy (non-hydrogen) atoms. The number of aliphatic hydroxyl groups is 1. The molecule has 1 amide bonds. The Morgan fingerprint density at radius 2 is 1.81 bits per heavy atom. The number of nitrogens with zero attached hydrogens (tertiary/aromatic N) is 1. The van der Waals surface area contributed by atoms with E-state index in [1.807, 2.05) is 36.4 Å². The van der Waals surface area contributed by atoms with Crippen LogP contribution >= 0.6 is 11.6 Å². The van der Waals surface area contributed by atoms with Crippen molar-refractivity contribution >= 4 is 17.5 Å². The summed E-state index contributed by atoms with van der Waals surface area (Å²) in [5, 5.41) is 18.2. The Morgan fingerprint density at radius 1 is 1.19 bits per heavy atom. The normalized spacial score (nSPS) is 14.8. The van der Waals surface area contributed by atoms with Gasteiger partial charge in [0.1, 0.15) is 17.0 Å². The molecule has 0 saturated carbocycles. The van der Waals surface area contributed by atoms with Crippen LogP contribution in [0.2, 0.25) is 5.02 Å². The zero-order chi connectivity index (χ0) is 19.0. The molecule has 5 nitrogen and oxygen atoms in total. The summed E-state index contributed by atoms with van der Waals surface area (Å²) < 4.78 is 5.24. The van der Waals surface area contributed by atoms with Gasteiger partial charge in [-0.3, -0.25) is 4.79 Å². The topological polar surface area (TPSA) is 75.4 Å². The monoisotopic (exact) mass is 382 g/mol. The minimum atomic E-state index is -0.991. The summed E-state index contributed by atoms with van der Waals surface area (Å²) in [6.07, 6.45) is 1.03. The van der Waals surface area contributed by atoms with E-state index in [1.54, 1.807) is 19.1 Å². The zero-order valence-electron chi connectivity index (χ0n) is 14.8. The first kappa shape index (κ1) is 17.8. The van der Waals surface area contributed by atoms with Crippen LogP contribution in [-0.2, 0) is 12.8 Å². The Balaban J connectivity index is 1.53. The smallest absolute Gasteiger partial charge is 0.257 e. The van der Waals surface area contributed by atoms with E-state index in [0.717, 1.165) is 11.1 Å². The average Bonchev–Trinajstić information content (AvgIpc) is 3.20. The number of aryl methyl sites for hydroxylation is 1. The van der Waals surface area contributed by atoms with E-state index in [4.69, 9.17) is 16.1 Å². The minimum Gasteiger partial charge on any atom is -0.387 e. The van der Waals surface area contributed by atoms with Crippen molar-refractivity contribution in [2.45, 2.75) is 25.4 Å². The quantitative estimate of drug-likeness (QED) is 0.723. The Hall–Kier alpha value is -2.63. The molecule has 0 bridgehead atoms. The number of halogens is 1. The highest BCUT2D eigenvalue weighted by Gasteiger charge is 2.35. The van der Waals surface area contributed by atoms with Gasteiger partial charge in [0, 0.05) is 24.9 Å². The third-order valence-corrected chi connectivity index (χ3v) is 5.28. The maximum absolute atomic E-state index is 12.8. The Kier molecular flexibility index (Phi) is 4.50. The summed E-state index contributed by atoms with van der Waals surface area (Å²) >= 11 is 6.25. The van der Waals surface area contributed by atoms with Gasteiger partial charge in [-0.1, -0.05) is 59.2 Å². The second-order valence-corrected chi connectivity index (χ2v) is 7.38. The summed E-state index contributed by atoms with van der Waals surface area (Å²) in [7, 11) is 0. The van der Waals surface area contributed by atoms with Gasteiger partial charge >= 0.3 is 0 Å². The van der Waals surface area contributed by atoms with E-state index in [2.05, 4.69) is 10.5 Å². The van der Waals surface area contributed by atoms with E-state index >= 15 is 0 Å². The van der Waals surface area contributed by atoms with Gasteiger partial charge in [-0.05, 0) is 24.1 Å². The highest BCUT2D eigenvalue weighted by atomic mass is 35.5. The largest absolute Gasteiger partial charge is 0.387 e. The number of hydrogen-bond acceptors (Lipinski definition) is 4. The Labute approximate surface area is 162 Å². The van der Waals surface area contributed by atoms with Gasteiger partial charge < -0.3 is 14.9 Å². The molecule has 2 aromatic carbocycles. The minimum absolute atomic E-state index is 0.146. The van der Waals surface area contributed by atoms with E-state index < -0.39 is 5.60 Å². The molecule has 0 aliphatic heterocycles. The first-order valence-electron chi connectivity index (χ1n) is 8.75. The van der Waals surface area contributed by atoms with Gasteiger partial charge in [-0.25, -0.2) is 0 Å². The van der Waals surface area contributed by atoms with E-state index in [9.17, 15) is 9.90 Å². The second-order valence-electron chi connectivity index (χ2n) is 6.97. The fourth-order valence-corrected chi connectivity index (χ4v) is 3.83. The highest BCUT2D eigenvalue weighted by molar-refractivity contribution is 6.33. The third kappa shape index (κ3) is 3.36. The highest BCUT2D eigenvalue weighted by Crippen LogP contribution is 2.32. The molecule has 1 heterocycles. The number of aromatic nitrogens is 1. The predicted molar refractivity (Wildman–Crippen MR) is 103 cm³/mol. The van der Waals surface area contributed by atoms with Gasteiger partial charge in [0.25, 0.3) is 5.91 Å². The number of amides is 1. The van der Waals surface area contributed by atoms with Crippen molar-refractivity contribution in [3.05, 3.63) is 76.0 Å². The fourth-order valence-electron chi connectivity index (χ4n) is 3.61. The molecule has 2 N–H and O–H groups in total. The van der Waals surface area contributed by atoms with E-state index in [0.29, 0.717) is 40.4 Å². The lowest BCUT2D eigenvalue weighted by molar-refractivity contribution is 0.0479. The first-order valence-corrected chi connectivity index (χ1v) is 9.13. The van der Waals surface area contributed by atoms with Crippen LogP contribution in [-0.4, -0.2) is 28.3 Å². The molecule has 0 saturated heterocycles. The lowest BCUT2D eigenvalue weighted by atomic mass is 10.00. The van der Waals surface area contributed by atoms with Gasteiger partial charge in [0.15, 0.2) is 0 Å². The lowest BCUT2D eigenvalue weighted by Gasteiger charge is -2.22. The van der Waals surface area contributed by atoms with Crippen molar-refractivity contribution < 1.29 is 14.4 Å². The number of fused-ring (bicyclic) bond motifs is 1. The lowest BCUT2D eigenvalue weighted by Crippen LogP contribution is -2.43. The molecule has 0 unspecified atom stereocenters. The fraction of sp³-hybridized carbons (Fsp3) is 0.238. The van der Waals surface area contributed by atoms with Crippen molar-refractivity contribution in [2.75, 3.05) is 6.54 Å². The molecule has 3 aromatic rings. The van der Waals surface area contributed by atoms with Gasteiger partial charge in [0.2, 0.25) is 0 Å². The van der Waals surface area contributed by atoms with Crippen LogP contribution < -0.4 is 5.32 Å². The van der Waals surface area contributed by atoms with Gasteiger partial charge in [-0.2, -0.15) is 0 Å². The average molecular weight is 383 g/mol. The summed E-state index contributed by atoms with van der Waals surface area (Å²) in [4.78, 5) is 12.8. The molecule has 4 rings (SSSR count). The molecule has 0 radical (unpaired) electrons. The first-order chi connectivity index (χ1) is 13.0. The number of hydrogen-bond donors (Lipinski definition) is 2. The molecule has 0 fully saturated rings. The van der Waals surface area contributed by atoms with E-state index in [-0.39, 0.29) is 12.5 Å². The van der Waals surface area contributed by atoms with Crippen LogP contribution in [0.5, 0.6) is 0 Å². The summed E-state index contributed by atoms with van der Waals surface area (Å²) in [6.45, 7) is 1.83. The summed E-state index contributed by atoms with van der Waals surface area (Å²) in [6, 6.07) is 15.1. The van der Waals surface area contributed by atoms with Crippen LogP contribution in [0.1, 0.15) is 27.2 Å². The second kappa shape index (κ2) is 6.83. The van der Waals surface area contributed by atoms with Crippen LogP contribution in [0.15, 0.2) is 53.1 Å². The van der Waals surface area contributed by atoms with E-state index in [1.165, 1.54) is 0 Å². The van der Waals surface area contributed by atoms with Crippen molar-refractivity contribution in [3.8, 4) is 11.3 Å². The molecular weight excluding hydrogens is 364 g/mol. The van der Waals surface area contributed by atoms with Crippen LogP contribution in [0.4, 0.5) is 0 Å². The zero-order valence-corrected chi connectivity index (χ0v) is 15.6. The molecule has 0 spiro atoms. The van der Waals surface area contributed by atoms with Gasteiger partial charge in [-0.15, -0.1) is 0 Å². The van der Waals surface area contributed by atoms with Crippen molar-refractivity contribution in [1.29, 1.82) is 0 Å². The Bertz CT molecular complexity index is 987. The predicted octanol–water partition coefficient (Wildman–Crippen LogP) is 3.56. The number of nitrogens with one attached hydrogen (secondary N) is 1. The molecule has 1 aromatic heterocycles. The van der Waals surface area contributed by atoms with Crippen LogP contribution in [0, 0.1) is 6.92 Å². The van der Waals surface area contributed by atoms with Crippen LogP contribution in [0.3, 0.4) is 0 Å². The van der Waals surface area contributed by atoms with Crippen molar-refractivity contribution in [3.63, 3.8) is 0 Å². The number of rotatable bonds is 4. The SMILES string of the molecule is Cc1onc(-c2ccccc2Cl)c1C(=O)NCC1(O)Cc2ccccc2C1. The summed E-state index contributed by atoms with van der Waals surface area (Å²) in [5.74, 6) is 0.0668. The molecule has 1 aliphatic rings. The van der Waals surface area contributed by atoms with Crippen LogP contribution in [0.25, 0.3) is 11.3 Å². The molecule has 1 aliphatic carbocycles. The number of carbonyl (C=O) groups excluding carboxylic acids is 1. The summed E-state index contributed by atoms with van der Waals surface area (Å²) in [5.41, 5.74) is 2.61. The van der Waals surface area contributed by atoms with Crippen molar-refractivity contribution in [2.24, 2.45) is 0 Å². The molecule has 138 valence electrons. The maximum atomic E-state index is 12.8.